The summed E-state index contributed by atoms with van der Waals surface area (Å²) in [5.41, 5.74) is 2.24. The first-order valence-corrected chi connectivity index (χ1v) is 26.4. The van der Waals surface area contributed by atoms with Crippen LogP contribution in [-0.4, -0.2) is 97.8 Å². The fourth-order valence-corrected chi connectivity index (χ4v) is 11.5. The van der Waals surface area contributed by atoms with E-state index in [1.165, 1.54) is 16.2 Å². The number of allylic oxidation sites excluding steroid dienone is 1. The zero-order valence-electron chi connectivity index (χ0n) is 37.5. The number of rotatable bonds is 12. The van der Waals surface area contributed by atoms with E-state index in [9.17, 15) is 26.4 Å². The van der Waals surface area contributed by atoms with Crippen molar-refractivity contribution in [3.63, 3.8) is 0 Å². The van der Waals surface area contributed by atoms with E-state index in [1.54, 1.807) is 38.3 Å². The second-order valence-electron chi connectivity index (χ2n) is 18.4. The maximum atomic E-state index is 15.1. The van der Waals surface area contributed by atoms with Gasteiger partial charge in [0.25, 0.3) is 5.91 Å². The van der Waals surface area contributed by atoms with Gasteiger partial charge in [-0.2, -0.15) is 0 Å². The first-order valence-electron chi connectivity index (χ1n) is 22.1. The van der Waals surface area contributed by atoms with Crippen LogP contribution in [0.2, 0.25) is 0 Å². The lowest BCUT2D eigenvalue weighted by Gasteiger charge is -2.30. The van der Waals surface area contributed by atoms with Crippen molar-refractivity contribution in [3.8, 4) is 22.2 Å². The molecule has 4 aliphatic rings. The molecule has 0 radical (unpaired) electrons. The van der Waals surface area contributed by atoms with Gasteiger partial charge in [-0.3, -0.25) is 23.8 Å². The zero-order chi connectivity index (χ0) is 46.5. The Labute approximate surface area is 384 Å². The van der Waals surface area contributed by atoms with Crippen molar-refractivity contribution in [1.82, 2.24) is 24.9 Å². The number of anilines is 2. The molecule has 2 aromatic heterocycles. The number of benzene rings is 2. The molecule has 0 unspecified atom stereocenters. The molecule has 2 aliphatic heterocycles. The highest BCUT2D eigenvalue weighted by atomic mass is 32.2. The number of methoxy groups -OCH3 is 1. The lowest BCUT2D eigenvalue weighted by atomic mass is 10.0. The third kappa shape index (κ3) is 9.82. The zero-order valence-corrected chi connectivity index (χ0v) is 39.9. The fourth-order valence-electron chi connectivity index (χ4n) is 8.69. The number of sulfonamides is 2. The highest BCUT2D eigenvalue weighted by Gasteiger charge is 2.63. The second-order valence-corrected chi connectivity index (χ2v) is 23.2. The molecule has 19 heteroatoms. The monoisotopic (exact) mass is 947 g/mol. The van der Waals surface area contributed by atoms with Crippen molar-refractivity contribution in [2.75, 3.05) is 29.9 Å². The maximum Gasteiger partial charge on any atom is 0.259 e. The lowest BCUT2D eigenvalue weighted by molar-refractivity contribution is -0.140. The Kier molecular flexibility index (Phi) is 12.7. The quantitative estimate of drug-likeness (QED) is 0.114. The number of fused-ring (bicyclic) bond motifs is 3. The van der Waals surface area contributed by atoms with Crippen LogP contribution in [0, 0.1) is 12.8 Å². The van der Waals surface area contributed by atoms with Crippen LogP contribution in [0.3, 0.4) is 0 Å². The standard InChI is InChI=1S/C46H57N7O9S3/c1-27(2)36-26-63-42(49-36)35-23-39(33-17-18-38(61-5)28(3)40(33)48-35)62-32-22-37-41(54)50-46(44(56)52-65(59,60)45(4)19-20-45)24-29(46)13-10-8-7-9-11-16-34(43(55)53(37)25-32)47-30-14-12-15-31(21-30)51-64(6,57)58/h10,12-15,17-18,21,23,26-27,29,32,34,37,47,51H,7-9,11,16,19-20,22,24-25H2,1-6H3,(H,50,54)(H,52,56)/b13-10-/t29-,32-,34+,37+,46-/m1/s1. The predicted molar refractivity (Wildman–Crippen MR) is 251 cm³/mol. The van der Waals surface area contributed by atoms with E-state index in [4.69, 9.17) is 19.4 Å². The van der Waals surface area contributed by atoms with Gasteiger partial charge >= 0.3 is 0 Å². The van der Waals surface area contributed by atoms with Crippen molar-refractivity contribution < 1.29 is 40.7 Å². The Bertz CT molecular complexity index is 2770. The SMILES string of the molecule is COc1ccc2c(O[C@@H]3C[C@H]4C(=O)N[C@]5(C(=O)NS(=O)(=O)C6(C)CC6)C[C@H]5/C=C\CCCCC[C@H](Nc5cccc(NS(C)(=O)=O)c5)C(=O)N4C3)cc(-c3nc(C(C)C)cs3)nc2c1C. The van der Waals surface area contributed by atoms with Gasteiger partial charge < -0.3 is 25.0 Å². The summed E-state index contributed by atoms with van der Waals surface area (Å²) < 4.78 is 67.1. The summed E-state index contributed by atoms with van der Waals surface area (Å²) in [6.07, 6.45) is 8.63. The molecule has 2 aliphatic carbocycles. The molecule has 8 rings (SSSR count). The molecule has 5 atom stereocenters. The van der Waals surface area contributed by atoms with Gasteiger partial charge in [-0.25, -0.2) is 26.8 Å². The molecule has 4 heterocycles. The Morgan fingerprint density at radius 3 is 2.49 bits per heavy atom. The number of aromatic nitrogens is 2. The van der Waals surface area contributed by atoms with Crippen LogP contribution in [0.1, 0.15) is 95.7 Å². The number of carbonyl (C=O) groups excluding carboxylic acids is 3. The highest BCUT2D eigenvalue weighted by molar-refractivity contribution is 7.92. The molecule has 3 amide bonds. The number of ether oxygens (including phenoxy) is 2. The van der Waals surface area contributed by atoms with Crippen molar-refractivity contribution in [3.05, 3.63) is 71.3 Å². The average Bonchev–Trinajstić information content (AvgIpc) is 4.02. The summed E-state index contributed by atoms with van der Waals surface area (Å²) in [6.45, 7) is 7.66. The topological polar surface area (TPSA) is 215 Å². The lowest BCUT2D eigenvalue weighted by Crippen LogP contribution is -2.58. The smallest absolute Gasteiger partial charge is 0.259 e. The number of thiazole rings is 1. The van der Waals surface area contributed by atoms with Crippen molar-refractivity contribution >= 4 is 71.4 Å². The number of nitrogens with zero attached hydrogens (tertiary/aromatic N) is 3. The van der Waals surface area contributed by atoms with Gasteiger partial charge in [0.1, 0.15) is 45.9 Å². The van der Waals surface area contributed by atoms with Gasteiger partial charge in [0.15, 0.2) is 0 Å². The molecule has 0 spiro atoms. The molecule has 16 nitrogen and oxygen atoms in total. The summed E-state index contributed by atoms with van der Waals surface area (Å²) in [7, 11) is -6.01. The van der Waals surface area contributed by atoms with Crippen LogP contribution in [0.5, 0.6) is 11.5 Å². The number of amides is 3. The van der Waals surface area contributed by atoms with Crippen LogP contribution in [0.15, 0.2) is 60.0 Å². The molecule has 348 valence electrons. The van der Waals surface area contributed by atoms with E-state index >= 15 is 4.79 Å². The Morgan fingerprint density at radius 1 is 1.02 bits per heavy atom. The van der Waals surface area contributed by atoms with Gasteiger partial charge in [0, 0.05) is 40.4 Å². The molecule has 4 N–H and O–H groups in total. The summed E-state index contributed by atoms with van der Waals surface area (Å²) in [5, 5.41) is 9.71. The van der Waals surface area contributed by atoms with Crippen molar-refractivity contribution in [2.24, 2.45) is 5.92 Å². The summed E-state index contributed by atoms with van der Waals surface area (Å²) in [4.78, 5) is 55.4. The molecule has 4 aromatic rings. The average molecular weight is 948 g/mol. The minimum Gasteiger partial charge on any atom is -0.496 e. The second kappa shape index (κ2) is 17.8. The number of nitrogens with one attached hydrogen (secondary N) is 4. The molecular weight excluding hydrogens is 891 g/mol. The summed E-state index contributed by atoms with van der Waals surface area (Å²) >= 11 is 1.48. The minimum atomic E-state index is -4.02. The van der Waals surface area contributed by atoms with Crippen LogP contribution < -0.4 is 29.6 Å². The molecule has 1 saturated heterocycles. The largest absolute Gasteiger partial charge is 0.496 e. The number of aryl methyl sites for hydroxylation is 1. The molecule has 65 heavy (non-hydrogen) atoms. The van der Waals surface area contributed by atoms with E-state index < -0.39 is 66.3 Å². The van der Waals surface area contributed by atoms with Crippen LogP contribution >= 0.6 is 11.3 Å². The van der Waals surface area contributed by atoms with Crippen LogP contribution in [0.25, 0.3) is 21.6 Å². The third-order valence-electron chi connectivity index (χ3n) is 13.0. The van der Waals surface area contributed by atoms with Crippen molar-refractivity contribution in [2.45, 2.75) is 120 Å². The van der Waals surface area contributed by atoms with E-state index in [1.807, 2.05) is 42.7 Å². The van der Waals surface area contributed by atoms with Gasteiger partial charge in [-0.15, -0.1) is 11.3 Å². The molecule has 2 saturated carbocycles. The molecule has 2 aromatic carbocycles. The molecular formula is C46H57N7O9S3. The van der Waals surface area contributed by atoms with Crippen LogP contribution in [-0.2, 0) is 34.4 Å². The third-order valence-corrected chi connectivity index (χ3v) is 16.6. The number of hydrogen-bond donors (Lipinski definition) is 4. The summed E-state index contributed by atoms with van der Waals surface area (Å²) in [5.74, 6) is -0.921. The normalized spacial score (nSPS) is 25.1. The number of pyridine rings is 1. The van der Waals surface area contributed by atoms with Gasteiger partial charge in [0.2, 0.25) is 31.9 Å². The fraction of sp³-hybridized carbons (Fsp3) is 0.500. The highest BCUT2D eigenvalue weighted by Crippen LogP contribution is 2.48. The van der Waals surface area contributed by atoms with Gasteiger partial charge in [-0.05, 0) is 88.6 Å². The van der Waals surface area contributed by atoms with E-state index in [0.29, 0.717) is 76.6 Å². The summed E-state index contributed by atoms with van der Waals surface area (Å²) in [6, 6.07) is 10.2. The Balaban J connectivity index is 1.16. The van der Waals surface area contributed by atoms with Gasteiger partial charge in [-0.1, -0.05) is 44.9 Å². The van der Waals surface area contributed by atoms with Gasteiger partial charge in [0.05, 0.1) is 41.6 Å². The molecule has 3 fully saturated rings. The predicted octanol–water partition coefficient (Wildman–Crippen LogP) is 6.39. The molecule has 0 bridgehead atoms. The Morgan fingerprint density at radius 2 is 1.78 bits per heavy atom. The van der Waals surface area contributed by atoms with E-state index in [2.05, 4.69) is 33.9 Å². The maximum absolute atomic E-state index is 15.1. The Hall–Kier alpha value is -5.27. The first kappa shape index (κ1) is 46.3. The number of carbonyl (C=O) groups is 3. The minimum absolute atomic E-state index is 0.00305. The van der Waals surface area contributed by atoms with E-state index in [-0.39, 0.29) is 31.2 Å². The van der Waals surface area contributed by atoms with E-state index in [0.717, 1.165) is 30.4 Å². The van der Waals surface area contributed by atoms with Crippen LogP contribution in [0.4, 0.5) is 11.4 Å². The number of hydrogen-bond acceptors (Lipinski definition) is 13. The first-order chi connectivity index (χ1) is 30.8. The van der Waals surface area contributed by atoms with Crippen molar-refractivity contribution in [1.29, 1.82) is 0 Å².